The first-order valence-corrected chi connectivity index (χ1v) is 3.87. The van der Waals surface area contributed by atoms with Crippen molar-refractivity contribution in [3.05, 3.63) is 0 Å². The van der Waals surface area contributed by atoms with Crippen LogP contribution < -0.4 is 0 Å². The fourth-order valence-electron chi connectivity index (χ4n) is 0.807. The van der Waals surface area contributed by atoms with Gasteiger partial charge >= 0.3 is 0 Å². The first-order chi connectivity index (χ1) is 4.93. The Bertz CT molecular complexity index is 117. The van der Waals surface area contributed by atoms with E-state index in [2.05, 4.69) is 0 Å². The predicted molar refractivity (Wildman–Crippen MR) is 43.2 cm³/mol. The Labute approximate surface area is 67.7 Å². The minimum atomic E-state index is -1.36. The van der Waals surface area contributed by atoms with Gasteiger partial charge in [0.2, 0.25) is 0 Å². The largest absolute Gasteiger partial charge is 0.393 e. The zero-order chi connectivity index (χ0) is 9.12. The van der Waals surface area contributed by atoms with Gasteiger partial charge in [-0.25, -0.2) is 0 Å². The fraction of sp³-hybridized carbons (Fsp3) is 1.00. The second kappa shape index (κ2) is 3.52. The quantitative estimate of drug-likeness (QED) is 0.551. The molecule has 11 heavy (non-hydrogen) atoms. The summed E-state index contributed by atoms with van der Waals surface area (Å²) in [5.41, 5.74) is -1.81. The van der Waals surface area contributed by atoms with E-state index in [0.29, 0.717) is 6.42 Å². The van der Waals surface area contributed by atoms with Gasteiger partial charge in [0, 0.05) is 0 Å². The molecule has 0 aromatic carbocycles. The van der Waals surface area contributed by atoms with E-state index in [1.807, 2.05) is 20.8 Å². The van der Waals surface area contributed by atoms with Gasteiger partial charge in [0.05, 0.1) is 13.2 Å². The van der Waals surface area contributed by atoms with Crippen LogP contribution >= 0.6 is 0 Å². The summed E-state index contributed by atoms with van der Waals surface area (Å²) in [4.78, 5) is 0. The lowest BCUT2D eigenvalue weighted by molar-refractivity contribution is -0.132. The van der Waals surface area contributed by atoms with Crippen molar-refractivity contribution in [2.45, 2.75) is 32.8 Å². The van der Waals surface area contributed by atoms with Gasteiger partial charge in [0.25, 0.3) is 0 Å². The molecule has 0 amide bonds. The molecule has 0 spiro atoms. The van der Waals surface area contributed by atoms with Crippen molar-refractivity contribution in [3.8, 4) is 0 Å². The Morgan fingerprint density at radius 1 is 1.09 bits per heavy atom. The van der Waals surface area contributed by atoms with Crippen LogP contribution in [0.4, 0.5) is 0 Å². The number of hydrogen-bond donors (Lipinski definition) is 3. The minimum Gasteiger partial charge on any atom is -0.393 e. The third-order valence-corrected chi connectivity index (χ3v) is 2.67. The molecule has 0 heterocycles. The molecular formula is C8H18O3. The summed E-state index contributed by atoms with van der Waals surface area (Å²) < 4.78 is 0. The van der Waals surface area contributed by atoms with Gasteiger partial charge in [-0.1, -0.05) is 20.8 Å². The molecule has 0 saturated carbocycles. The molecule has 0 aliphatic rings. The molecule has 0 aromatic heterocycles. The van der Waals surface area contributed by atoms with E-state index in [0.717, 1.165) is 0 Å². The van der Waals surface area contributed by atoms with Crippen LogP contribution in [-0.2, 0) is 0 Å². The van der Waals surface area contributed by atoms with Crippen LogP contribution in [-0.4, -0.2) is 34.1 Å². The molecule has 0 atom stereocenters. The van der Waals surface area contributed by atoms with Gasteiger partial charge in [-0.2, -0.15) is 0 Å². The lowest BCUT2D eigenvalue weighted by Gasteiger charge is -2.39. The Kier molecular flexibility index (Phi) is 3.48. The first kappa shape index (κ1) is 10.9. The van der Waals surface area contributed by atoms with Crippen molar-refractivity contribution < 1.29 is 15.3 Å². The van der Waals surface area contributed by atoms with Gasteiger partial charge in [0.15, 0.2) is 0 Å². The predicted octanol–water partition coefficient (Wildman–Crippen LogP) is 0.138. The Balaban J connectivity index is 4.47. The van der Waals surface area contributed by atoms with Gasteiger partial charge in [0.1, 0.15) is 5.60 Å². The lowest BCUT2D eigenvalue weighted by Crippen LogP contribution is -2.50. The average molecular weight is 162 g/mol. The Hall–Kier alpha value is -0.120. The molecule has 0 rings (SSSR count). The number of aliphatic hydroxyl groups excluding tert-OH is 2. The second-order valence-electron chi connectivity index (χ2n) is 3.59. The Morgan fingerprint density at radius 2 is 1.45 bits per heavy atom. The van der Waals surface area contributed by atoms with Crippen LogP contribution in [0.1, 0.15) is 27.2 Å². The lowest BCUT2D eigenvalue weighted by atomic mass is 9.74. The maximum atomic E-state index is 9.66. The monoisotopic (exact) mass is 162 g/mol. The highest BCUT2D eigenvalue weighted by Gasteiger charge is 2.41. The van der Waals surface area contributed by atoms with E-state index in [1.165, 1.54) is 0 Å². The molecule has 0 unspecified atom stereocenters. The highest BCUT2D eigenvalue weighted by Crippen LogP contribution is 2.33. The van der Waals surface area contributed by atoms with E-state index in [1.54, 1.807) is 0 Å². The van der Waals surface area contributed by atoms with Crippen molar-refractivity contribution in [1.82, 2.24) is 0 Å². The molecule has 68 valence electrons. The summed E-state index contributed by atoms with van der Waals surface area (Å²) in [7, 11) is 0. The second-order valence-corrected chi connectivity index (χ2v) is 3.59. The molecular weight excluding hydrogens is 144 g/mol. The maximum Gasteiger partial charge on any atom is 0.116 e. The normalized spacial score (nSPS) is 13.6. The van der Waals surface area contributed by atoms with Crippen LogP contribution in [0.5, 0.6) is 0 Å². The van der Waals surface area contributed by atoms with Crippen molar-refractivity contribution >= 4 is 0 Å². The van der Waals surface area contributed by atoms with E-state index in [-0.39, 0.29) is 0 Å². The SMILES string of the molecule is CCC(C)(C)C(O)(CO)CO. The molecule has 3 nitrogen and oxygen atoms in total. The summed E-state index contributed by atoms with van der Waals surface area (Å²) >= 11 is 0. The average Bonchev–Trinajstić information content (AvgIpc) is 2.02. The molecule has 3 N–H and O–H groups in total. The topological polar surface area (TPSA) is 60.7 Å². The van der Waals surface area contributed by atoms with Crippen LogP contribution in [0.15, 0.2) is 0 Å². The maximum absolute atomic E-state index is 9.66. The van der Waals surface area contributed by atoms with E-state index in [4.69, 9.17) is 10.2 Å². The molecule has 0 fully saturated rings. The zero-order valence-corrected chi connectivity index (χ0v) is 7.46. The molecule has 0 bridgehead atoms. The third-order valence-electron chi connectivity index (χ3n) is 2.67. The molecule has 0 radical (unpaired) electrons. The van der Waals surface area contributed by atoms with Gasteiger partial charge in [-0.3, -0.25) is 0 Å². The molecule has 0 aliphatic carbocycles. The van der Waals surface area contributed by atoms with Crippen LogP contribution in [0, 0.1) is 5.41 Å². The van der Waals surface area contributed by atoms with Crippen molar-refractivity contribution in [2.24, 2.45) is 5.41 Å². The fourth-order valence-corrected chi connectivity index (χ4v) is 0.807. The van der Waals surface area contributed by atoms with E-state index >= 15 is 0 Å². The van der Waals surface area contributed by atoms with Crippen LogP contribution in [0.2, 0.25) is 0 Å². The van der Waals surface area contributed by atoms with E-state index in [9.17, 15) is 5.11 Å². The van der Waals surface area contributed by atoms with Crippen LogP contribution in [0.3, 0.4) is 0 Å². The smallest absolute Gasteiger partial charge is 0.116 e. The van der Waals surface area contributed by atoms with Crippen molar-refractivity contribution in [3.63, 3.8) is 0 Å². The van der Waals surface area contributed by atoms with Crippen molar-refractivity contribution in [2.75, 3.05) is 13.2 Å². The molecule has 0 saturated heterocycles. The van der Waals surface area contributed by atoms with E-state index < -0.39 is 24.2 Å². The summed E-state index contributed by atoms with van der Waals surface area (Å²) in [6.07, 6.45) is 0.713. The van der Waals surface area contributed by atoms with Crippen LogP contribution in [0.25, 0.3) is 0 Å². The summed E-state index contributed by atoms with van der Waals surface area (Å²) in [6.45, 7) is 4.75. The molecule has 0 aromatic rings. The standard InChI is InChI=1S/C8H18O3/c1-4-7(2,3)8(11,5-9)6-10/h9-11H,4-6H2,1-3H3. The summed E-state index contributed by atoms with van der Waals surface area (Å²) in [6, 6.07) is 0. The molecule has 3 heteroatoms. The highest BCUT2D eigenvalue weighted by molar-refractivity contribution is 4.91. The zero-order valence-electron chi connectivity index (χ0n) is 7.46. The van der Waals surface area contributed by atoms with Gasteiger partial charge in [-0.05, 0) is 11.8 Å². The minimum absolute atomic E-state index is 0.398. The highest BCUT2D eigenvalue weighted by atomic mass is 16.4. The number of aliphatic hydroxyl groups is 3. The molecule has 0 aliphatic heterocycles. The van der Waals surface area contributed by atoms with Gasteiger partial charge in [-0.15, -0.1) is 0 Å². The van der Waals surface area contributed by atoms with Crippen molar-refractivity contribution in [1.29, 1.82) is 0 Å². The summed E-state index contributed by atoms with van der Waals surface area (Å²) in [5, 5.41) is 27.3. The summed E-state index contributed by atoms with van der Waals surface area (Å²) in [5.74, 6) is 0. The van der Waals surface area contributed by atoms with Gasteiger partial charge < -0.3 is 15.3 Å². The third kappa shape index (κ3) is 1.92. The Morgan fingerprint density at radius 3 is 1.55 bits per heavy atom. The first-order valence-electron chi connectivity index (χ1n) is 3.87. The number of hydrogen-bond acceptors (Lipinski definition) is 3. The number of rotatable bonds is 4.